The van der Waals surface area contributed by atoms with E-state index in [1.807, 2.05) is 61.6 Å². The highest BCUT2D eigenvalue weighted by Gasteiger charge is 2.11. The third-order valence-electron chi connectivity index (χ3n) is 4.05. The minimum atomic E-state index is 0.336. The van der Waals surface area contributed by atoms with Gasteiger partial charge in [-0.3, -0.25) is 0 Å². The van der Waals surface area contributed by atoms with E-state index >= 15 is 0 Å². The molecule has 4 heteroatoms. The lowest BCUT2D eigenvalue weighted by Gasteiger charge is -2.16. The fraction of sp³-hybridized carbons (Fsp3) is 0.300. The van der Waals surface area contributed by atoms with Crippen LogP contribution in [-0.2, 0) is 0 Å². The van der Waals surface area contributed by atoms with Crippen LogP contribution in [0, 0.1) is 13.8 Å². The number of rotatable bonds is 3. The Kier molecular flexibility index (Phi) is 5.47. The number of benzene rings is 2. The molecule has 1 fully saturated rings. The molecule has 1 saturated heterocycles. The second kappa shape index (κ2) is 7.58. The van der Waals surface area contributed by atoms with Gasteiger partial charge in [0.15, 0.2) is 0 Å². The van der Waals surface area contributed by atoms with Gasteiger partial charge in [-0.2, -0.15) is 0 Å². The van der Waals surface area contributed by atoms with E-state index in [1.54, 1.807) is 0 Å². The molecule has 24 heavy (non-hydrogen) atoms. The lowest BCUT2D eigenvalue weighted by molar-refractivity contribution is 0.456. The van der Waals surface area contributed by atoms with Crippen molar-refractivity contribution in [3.63, 3.8) is 0 Å². The fourth-order valence-electron chi connectivity index (χ4n) is 2.65. The van der Waals surface area contributed by atoms with Crippen LogP contribution < -0.4 is 4.74 Å². The Bertz CT molecular complexity index is 733. The van der Waals surface area contributed by atoms with Crippen molar-refractivity contribution in [1.82, 2.24) is 0 Å². The zero-order chi connectivity index (χ0) is 17.1. The predicted molar refractivity (Wildman–Crippen MR) is 106 cm³/mol. The Labute approximate surface area is 152 Å². The summed E-state index contributed by atoms with van der Waals surface area (Å²) in [5.74, 6) is 4.34. The minimum Gasteiger partial charge on any atom is -0.507 e. The summed E-state index contributed by atoms with van der Waals surface area (Å²) in [6.45, 7) is 5.96. The number of thioether (sulfide) groups is 2. The molecule has 3 rings (SSSR count). The van der Waals surface area contributed by atoms with Crippen molar-refractivity contribution in [2.45, 2.75) is 27.2 Å². The number of hydrogen-bond donors (Lipinski definition) is 1. The van der Waals surface area contributed by atoms with Crippen LogP contribution in [0.15, 0.2) is 40.6 Å². The van der Waals surface area contributed by atoms with E-state index in [9.17, 15) is 5.11 Å². The monoisotopic (exact) mass is 358 g/mol. The predicted octanol–water partition coefficient (Wildman–Crippen LogP) is 6.36. The molecule has 1 heterocycles. The molecule has 2 aromatic carbocycles. The summed E-state index contributed by atoms with van der Waals surface area (Å²) in [5, 5.41) is 9.85. The molecule has 0 bridgehead atoms. The van der Waals surface area contributed by atoms with E-state index in [0.717, 1.165) is 22.6 Å². The number of ether oxygens (including phenoxy) is 1. The average Bonchev–Trinajstić information content (AvgIpc) is 2.60. The van der Waals surface area contributed by atoms with Crippen molar-refractivity contribution >= 4 is 29.1 Å². The number of aromatic hydroxyl groups is 1. The molecule has 1 aliphatic rings. The lowest BCUT2D eigenvalue weighted by atomic mass is 10.1. The first-order valence-corrected chi connectivity index (χ1v) is 10.1. The molecule has 0 atom stereocenters. The van der Waals surface area contributed by atoms with E-state index in [0.29, 0.717) is 5.75 Å². The molecule has 1 aliphatic heterocycles. The van der Waals surface area contributed by atoms with Crippen molar-refractivity contribution in [1.29, 1.82) is 0 Å². The van der Waals surface area contributed by atoms with Crippen LogP contribution >= 0.6 is 23.5 Å². The summed E-state index contributed by atoms with van der Waals surface area (Å²) in [6.07, 6.45) is 1.30. The Hall–Kier alpha value is -1.52. The standard InChI is InChI=1S/C20H22O2S2/c1-13-11-18(12-14(2)19(13)21)22-17-7-5-16(6-8-17)15(3)20-23-9-4-10-24-20/h5-8,11-12,21H,4,9-10H2,1-3H3. The largest absolute Gasteiger partial charge is 0.507 e. The maximum Gasteiger partial charge on any atom is 0.128 e. The second-order valence-corrected chi connectivity index (χ2v) is 8.46. The Morgan fingerprint density at radius 1 is 0.958 bits per heavy atom. The van der Waals surface area contributed by atoms with Crippen molar-refractivity contribution in [3.8, 4) is 17.2 Å². The van der Waals surface area contributed by atoms with Gasteiger partial charge in [-0.15, -0.1) is 23.5 Å². The zero-order valence-corrected chi connectivity index (χ0v) is 15.9. The van der Waals surface area contributed by atoms with Crippen molar-refractivity contribution < 1.29 is 9.84 Å². The minimum absolute atomic E-state index is 0.336. The van der Waals surface area contributed by atoms with E-state index < -0.39 is 0 Å². The number of allylic oxidation sites excluding steroid dienone is 1. The molecule has 0 spiro atoms. The van der Waals surface area contributed by atoms with Crippen LogP contribution in [0.5, 0.6) is 17.2 Å². The molecule has 0 aromatic heterocycles. The van der Waals surface area contributed by atoms with Crippen LogP contribution in [0.3, 0.4) is 0 Å². The summed E-state index contributed by atoms with van der Waals surface area (Å²) >= 11 is 3.93. The highest BCUT2D eigenvalue weighted by Crippen LogP contribution is 2.40. The molecule has 0 saturated carbocycles. The van der Waals surface area contributed by atoms with Crippen molar-refractivity contribution in [2.75, 3.05) is 11.5 Å². The normalized spacial score (nSPS) is 14.5. The Morgan fingerprint density at radius 3 is 2.12 bits per heavy atom. The van der Waals surface area contributed by atoms with Gasteiger partial charge >= 0.3 is 0 Å². The highest BCUT2D eigenvalue weighted by molar-refractivity contribution is 8.23. The maximum absolute atomic E-state index is 9.85. The summed E-state index contributed by atoms with van der Waals surface area (Å²) in [7, 11) is 0. The summed E-state index contributed by atoms with van der Waals surface area (Å²) in [5.41, 5.74) is 4.26. The van der Waals surface area contributed by atoms with E-state index in [1.165, 1.54) is 33.3 Å². The van der Waals surface area contributed by atoms with Crippen LogP contribution in [-0.4, -0.2) is 16.6 Å². The van der Waals surface area contributed by atoms with Crippen molar-refractivity contribution in [3.05, 3.63) is 57.3 Å². The SMILES string of the molecule is CC(=C1SCCCS1)c1ccc(Oc2cc(C)c(O)c(C)c2)cc1. The van der Waals surface area contributed by atoms with Crippen LogP contribution in [0.2, 0.25) is 0 Å². The highest BCUT2D eigenvalue weighted by atomic mass is 32.2. The molecular formula is C20H22O2S2. The fourth-order valence-corrected chi connectivity index (χ4v) is 5.28. The molecule has 0 radical (unpaired) electrons. The molecule has 2 nitrogen and oxygen atoms in total. The van der Waals surface area contributed by atoms with Gasteiger partial charge in [0.25, 0.3) is 0 Å². The van der Waals surface area contributed by atoms with Gasteiger partial charge < -0.3 is 9.84 Å². The summed E-state index contributed by atoms with van der Waals surface area (Å²) in [4.78, 5) is 0. The number of phenolic OH excluding ortho intramolecular Hbond substituents is 1. The summed E-state index contributed by atoms with van der Waals surface area (Å²) in [6, 6.07) is 12.0. The van der Waals surface area contributed by atoms with Gasteiger partial charge in [-0.25, -0.2) is 0 Å². The van der Waals surface area contributed by atoms with Gasteiger partial charge in [0.2, 0.25) is 0 Å². The quantitative estimate of drug-likeness (QED) is 0.691. The van der Waals surface area contributed by atoms with E-state index in [2.05, 4.69) is 19.1 Å². The Balaban J connectivity index is 1.77. The zero-order valence-electron chi connectivity index (χ0n) is 14.3. The molecule has 126 valence electrons. The molecule has 0 amide bonds. The lowest BCUT2D eigenvalue weighted by Crippen LogP contribution is -1.94. The topological polar surface area (TPSA) is 29.5 Å². The van der Waals surface area contributed by atoms with Gasteiger partial charge in [0.05, 0.1) is 0 Å². The first-order valence-electron chi connectivity index (χ1n) is 8.09. The van der Waals surface area contributed by atoms with Gasteiger partial charge in [0.1, 0.15) is 17.2 Å². The smallest absolute Gasteiger partial charge is 0.128 e. The second-order valence-electron chi connectivity index (χ2n) is 6.00. The van der Waals surface area contributed by atoms with Gasteiger partial charge in [-0.05, 0) is 85.2 Å². The van der Waals surface area contributed by atoms with Crippen LogP contribution in [0.4, 0.5) is 0 Å². The summed E-state index contributed by atoms with van der Waals surface area (Å²) < 4.78 is 7.38. The first-order chi connectivity index (χ1) is 11.5. The average molecular weight is 359 g/mol. The third kappa shape index (κ3) is 3.93. The molecule has 0 aliphatic carbocycles. The molecule has 2 aromatic rings. The Morgan fingerprint density at radius 2 is 1.54 bits per heavy atom. The molecule has 0 unspecified atom stereocenters. The van der Waals surface area contributed by atoms with Gasteiger partial charge in [-0.1, -0.05) is 12.1 Å². The maximum atomic E-state index is 9.85. The number of aryl methyl sites for hydroxylation is 2. The first kappa shape index (κ1) is 17.3. The van der Waals surface area contributed by atoms with Crippen LogP contribution in [0.25, 0.3) is 5.57 Å². The van der Waals surface area contributed by atoms with Gasteiger partial charge in [0, 0.05) is 4.24 Å². The number of phenols is 1. The van der Waals surface area contributed by atoms with Crippen molar-refractivity contribution in [2.24, 2.45) is 0 Å². The number of hydrogen-bond acceptors (Lipinski definition) is 4. The third-order valence-corrected chi connectivity index (χ3v) is 6.88. The molecular weight excluding hydrogens is 336 g/mol. The van der Waals surface area contributed by atoms with Crippen LogP contribution in [0.1, 0.15) is 30.0 Å². The van der Waals surface area contributed by atoms with E-state index in [-0.39, 0.29) is 0 Å². The molecule has 1 N–H and O–H groups in total. The van der Waals surface area contributed by atoms with E-state index in [4.69, 9.17) is 4.74 Å².